The summed E-state index contributed by atoms with van der Waals surface area (Å²) < 4.78 is 33.8. The first-order valence-electron chi connectivity index (χ1n) is 9.52. The van der Waals surface area contributed by atoms with Crippen molar-refractivity contribution in [3.05, 3.63) is 59.7 Å². The third kappa shape index (κ3) is 5.11. The van der Waals surface area contributed by atoms with Crippen LogP contribution in [-0.2, 0) is 14.8 Å². The fraction of sp³-hybridized carbons (Fsp3) is 0.429. The Morgan fingerprint density at radius 3 is 2.21 bits per heavy atom. The molecule has 0 bridgehead atoms. The lowest BCUT2D eigenvalue weighted by molar-refractivity contribution is 0.0172. The van der Waals surface area contributed by atoms with Gasteiger partial charge in [0.2, 0.25) is 10.0 Å². The van der Waals surface area contributed by atoms with Gasteiger partial charge in [-0.05, 0) is 36.8 Å². The predicted molar refractivity (Wildman–Crippen MR) is 112 cm³/mol. The Labute approximate surface area is 168 Å². The van der Waals surface area contributed by atoms with Crippen LogP contribution in [0.5, 0.6) is 0 Å². The van der Waals surface area contributed by atoms with E-state index in [2.05, 4.69) is 33.9 Å². The molecule has 0 spiro atoms. The average Bonchev–Trinajstić information content (AvgIpc) is 2.69. The highest BCUT2D eigenvalue weighted by Gasteiger charge is 2.25. The number of ether oxygens (including phenoxy) is 1. The van der Waals surface area contributed by atoms with Crippen molar-refractivity contribution < 1.29 is 13.2 Å². The van der Waals surface area contributed by atoms with Crippen LogP contribution in [0.15, 0.2) is 53.4 Å². The fourth-order valence-electron chi connectivity index (χ4n) is 3.33. The minimum atomic E-state index is -3.56. The summed E-state index contributed by atoms with van der Waals surface area (Å²) in [6.45, 7) is 5.15. The Hall–Kier alpha value is -1.93. The van der Waals surface area contributed by atoms with Gasteiger partial charge in [-0.3, -0.25) is 4.90 Å². The van der Waals surface area contributed by atoms with Crippen LogP contribution < -0.4 is 9.62 Å². The number of anilines is 1. The summed E-state index contributed by atoms with van der Waals surface area (Å²) in [5.74, 6) is 0. The monoisotopic (exact) mass is 403 g/mol. The van der Waals surface area contributed by atoms with Crippen molar-refractivity contribution in [2.45, 2.75) is 17.9 Å². The predicted octanol–water partition coefficient (Wildman–Crippen LogP) is 2.41. The van der Waals surface area contributed by atoms with E-state index in [1.807, 2.05) is 38.1 Å². The topological polar surface area (TPSA) is 61.9 Å². The Morgan fingerprint density at radius 1 is 1.04 bits per heavy atom. The van der Waals surface area contributed by atoms with E-state index in [1.165, 1.54) is 0 Å². The SMILES string of the molecule is Cc1ccc(S(=O)(=O)NCC(c2ccc(N(C)C)cc2)N2CCOCC2)cc1. The molecular weight excluding hydrogens is 374 g/mol. The van der Waals surface area contributed by atoms with Crippen LogP contribution in [0.25, 0.3) is 0 Å². The lowest BCUT2D eigenvalue weighted by Crippen LogP contribution is -2.43. The summed E-state index contributed by atoms with van der Waals surface area (Å²) in [7, 11) is 0.452. The molecule has 2 aromatic rings. The average molecular weight is 404 g/mol. The standard InChI is InChI=1S/C21H29N3O3S/c1-17-4-10-20(11-5-17)28(25,26)22-16-21(24-12-14-27-15-13-24)18-6-8-19(9-7-18)23(2)3/h4-11,21-22H,12-16H2,1-3H3. The maximum Gasteiger partial charge on any atom is 0.240 e. The molecule has 152 valence electrons. The molecule has 1 fully saturated rings. The third-order valence-electron chi connectivity index (χ3n) is 5.08. The zero-order chi connectivity index (χ0) is 20.1. The first-order chi connectivity index (χ1) is 13.4. The van der Waals surface area contributed by atoms with Gasteiger partial charge in [0.1, 0.15) is 0 Å². The fourth-order valence-corrected chi connectivity index (χ4v) is 4.37. The molecule has 0 aliphatic carbocycles. The van der Waals surface area contributed by atoms with Gasteiger partial charge in [0.25, 0.3) is 0 Å². The molecular formula is C21H29N3O3S. The number of morpholine rings is 1. The van der Waals surface area contributed by atoms with Crippen molar-refractivity contribution in [2.75, 3.05) is 51.8 Å². The van der Waals surface area contributed by atoms with Gasteiger partial charge in [-0.2, -0.15) is 0 Å². The van der Waals surface area contributed by atoms with Gasteiger partial charge in [-0.25, -0.2) is 13.1 Å². The molecule has 7 heteroatoms. The second kappa shape index (κ2) is 9.05. The minimum Gasteiger partial charge on any atom is -0.379 e. The van der Waals surface area contributed by atoms with E-state index < -0.39 is 10.0 Å². The maximum absolute atomic E-state index is 12.7. The number of benzene rings is 2. The number of hydrogen-bond acceptors (Lipinski definition) is 5. The number of nitrogens with zero attached hydrogens (tertiary/aromatic N) is 2. The van der Waals surface area contributed by atoms with Crippen molar-refractivity contribution in [1.82, 2.24) is 9.62 Å². The lowest BCUT2D eigenvalue weighted by atomic mass is 10.0. The molecule has 0 amide bonds. The smallest absolute Gasteiger partial charge is 0.240 e. The number of aryl methyl sites for hydroxylation is 1. The van der Waals surface area contributed by atoms with Gasteiger partial charge in [-0.1, -0.05) is 29.8 Å². The van der Waals surface area contributed by atoms with E-state index in [4.69, 9.17) is 4.74 Å². The van der Waals surface area contributed by atoms with Crippen LogP contribution in [0, 0.1) is 6.92 Å². The van der Waals surface area contributed by atoms with Gasteiger partial charge in [0.15, 0.2) is 0 Å². The van der Waals surface area contributed by atoms with Gasteiger partial charge < -0.3 is 9.64 Å². The minimum absolute atomic E-state index is 0.0414. The van der Waals surface area contributed by atoms with E-state index in [9.17, 15) is 8.42 Å². The van der Waals surface area contributed by atoms with Crippen molar-refractivity contribution in [3.8, 4) is 0 Å². The summed E-state index contributed by atoms with van der Waals surface area (Å²) in [5, 5.41) is 0. The number of nitrogens with one attached hydrogen (secondary N) is 1. The van der Waals surface area contributed by atoms with Crippen molar-refractivity contribution in [2.24, 2.45) is 0 Å². The number of sulfonamides is 1. The summed E-state index contributed by atoms with van der Waals surface area (Å²) in [4.78, 5) is 4.63. The molecule has 0 radical (unpaired) electrons. The van der Waals surface area contributed by atoms with Crippen molar-refractivity contribution in [1.29, 1.82) is 0 Å². The normalized spacial score (nSPS) is 16.7. The van der Waals surface area contributed by atoms with E-state index in [0.717, 1.165) is 29.9 Å². The Morgan fingerprint density at radius 2 is 1.64 bits per heavy atom. The largest absolute Gasteiger partial charge is 0.379 e. The quantitative estimate of drug-likeness (QED) is 0.769. The molecule has 1 N–H and O–H groups in total. The van der Waals surface area contributed by atoms with Gasteiger partial charge in [0.05, 0.1) is 18.1 Å². The molecule has 1 unspecified atom stereocenters. The van der Waals surface area contributed by atoms with Crippen molar-refractivity contribution in [3.63, 3.8) is 0 Å². The second-order valence-electron chi connectivity index (χ2n) is 7.32. The van der Waals surface area contributed by atoms with Crippen LogP contribution in [0.3, 0.4) is 0 Å². The molecule has 1 aliphatic rings. The molecule has 1 aliphatic heterocycles. The lowest BCUT2D eigenvalue weighted by Gasteiger charge is -2.35. The molecule has 1 saturated heterocycles. The summed E-state index contributed by atoms with van der Waals surface area (Å²) in [6, 6.07) is 15.2. The third-order valence-corrected chi connectivity index (χ3v) is 6.52. The number of hydrogen-bond donors (Lipinski definition) is 1. The van der Waals surface area contributed by atoms with Crippen LogP contribution in [0.4, 0.5) is 5.69 Å². The highest BCUT2D eigenvalue weighted by molar-refractivity contribution is 7.89. The zero-order valence-electron chi connectivity index (χ0n) is 16.8. The molecule has 6 nitrogen and oxygen atoms in total. The highest BCUT2D eigenvalue weighted by Crippen LogP contribution is 2.24. The van der Waals surface area contributed by atoms with Crippen molar-refractivity contribution >= 4 is 15.7 Å². The molecule has 2 aromatic carbocycles. The molecule has 1 heterocycles. The van der Waals surface area contributed by atoms with Crippen LogP contribution in [0.1, 0.15) is 17.2 Å². The highest BCUT2D eigenvalue weighted by atomic mass is 32.2. The number of rotatable bonds is 7. The molecule has 28 heavy (non-hydrogen) atoms. The first-order valence-corrected chi connectivity index (χ1v) is 11.0. The summed E-state index contributed by atoms with van der Waals surface area (Å²) in [5.41, 5.74) is 3.25. The van der Waals surface area contributed by atoms with E-state index in [0.29, 0.717) is 24.7 Å². The summed E-state index contributed by atoms with van der Waals surface area (Å²) in [6.07, 6.45) is 0. The molecule has 3 rings (SSSR count). The molecule has 0 aromatic heterocycles. The van der Waals surface area contributed by atoms with Crippen LogP contribution in [-0.4, -0.2) is 60.3 Å². The Balaban J connectivity index is 1.79. The van der Waals surface area contributed by atoms with Crippen LogP contribution in [0.2, 0.25) is 0 Å². The second-order valence-corrected chi connectivity index (χ2v) is 9.08. The van der Waals surface area contributed by atoms with Gasteiger partial charge in [0, 0.05) is 45.5 Å². The van der Waals surface area contributed by atoms with E-state index >= 15 is 0 Å². The molecule has 1 atom stereocenters. The van der Waals surface area contributed by atoms with Crippen LogP contribution >= 0.6 is 0 Å². The van der Waals surface area contributed by atoms with E-state index in [1.54, 1.807) is 12.1 Å². The first kappa shape index (κ1) is 20.8. The van der Waals surface area contributed by atoms with Gasteiger partial charge in [-0.15, -0.1) is 0 Å². The Bertz CT molecular complexity index is 859. The van der Waals surface area contributed by atoms with E-state index in [-0.39, 0.29) is 6.04 Å². The van der Waals surface area contributed by atoms with Gasteiger partial charge >= 0.3 is 0 Å². The maximum atomic E-state index is 12.7. The zero-order valence-corrected chi connectivity index (χ0v) is 17.6. The Kier molecular flexibility index (Phi) is 6.72. The molecule has 0 saturated carbocycles. The summed E-state index contributed by atoms with van der Waals surface area (Å²) >= 11 is 0.